The van der Waals surface area contributed by atoms with E-state index in [-0.39, 0.29) is 11.7 Å². The van der Waals surface area contributed by atoms with Gasteiger partial charge in [-0.05, 0) is 23.8 Å². The van der Waals surface area contributed by atoms with Gasteiger partial charge in [-0.1, -0.05) is 35.9 Å². The maximum atomic E-state index is 12.6. The van der Waals surface area contributed by atoms with Gasteiger partial charge in [-0.25, -0.2) is 8.78 Å². The molecular formula is C16H13ClF2O2. The Hall–Kier alpha value is -1.65. The van der Waals surface area contributed by atoms with E-state index < -0.39 is 12.5 Å². The van der Waals surface area contributed by atoms with Gasteiger partial charge in [0, 0.05) is 22.6 Å². The van der Waals surface area contributed by atoms with Crippen LogP contribution in [0, 0.1) is 0 Å². The third-order valence-corrected chi connectivity index (χ3v) is 3.83. The van der Waals surface area contributed by atoms with Crippen LogP contribution in [0.15, 0.2) is 42.5 Å². The normalized spacial score (nSPS) is 21.0. The monoisotopic (exact) mass is 310 g/mol. The van der Waals surface area contributed by atoms with Crippen molar-refractivity contribution in [3.63, 3.8) is 0 Å². The molecule has 3 rings (SSSR count). The molecule has 1 aliphatic rings. The zero-order valence-electron chi connectivity index (χ0n) is 11.0. The first-order chi connectivity index (χ1) is 10.0. The van der Waals surface area contributed by atoms with Crippen molar-refractivity contribution in [3.8, 4) is 5.75 Å². The number of benzene rings is 2. The summed E-state index contributed by atoms with van der Waals surface area (Å²) in [5.41, 5.74) is 1.39. The molecule has 21 heavy (non-hydrogen) atoms. The van der Waals surface area contributed by atoms with Crippen molar-refractivity contribution in [2.45, 2.75) is 25.1 Å². The van der Waals surface area contributed by atoms with Gasteiger partial charge in [0.05, 0.1) is 6.10 Å². The lowest BCUT2D eigenvalue weighted by Gasteiger charge is -2.30. The minimum Gasteiger partial charge on any atom is -0.485 e. The largest absolute Gasteiger partial charge is 0.485 e. The Bertz CT molecular complexity index is 643. The fourth-order valence-corrected chi connectivity index (χ4v) is 2.66. The van der Waals surface area contributed by atoms with E-state index in [0.717, 1.165) is 5.56 Å². The lowest BCUT2D eigenvalue weighted by atomic mass is 9.94. The summed E-state index contributed by atoms with van der Waals surface area (Å²) in [5, 5.41) is 10.7. The van der Waals surface area contributed by atoms with Crippen molar-refractivity contribution in [3.05, 3.63) is 64.2 Å². The number of hydrogen-bond acceptors (Lipinski definition) is 2. The fraction of sp³-hybridized carbons (Fsp3) is 0.250. The molecule has 1 aliphatic heterocycles. The summed E-state index contributed by atoms with van der Waals surface area (Å²) in [6.45, 7) is 0. The molecule has 0 saturated carbocycles. The molecule has 0 radical (unpaired) electrons. The third kappa shape index (κ3) is 2.87. The Balaban J connectivity index is 1.86. The summed E-state index contributed by atoms with van der Waals surface area (Å²) < 4.78 is 30.9. The van der Waals surface area contributed by atoms with Gasteiger partial charge < -0.3 is 9.84 Å². The highest BCUT2D eigenvalue weighted by Gasteiger charge is 2.28. The van der Waals surface area contributed by atoms with Gasteiger partial charge >= 0.3 is 0 Å². The predicted octanol–water partition coefficient (Wildman–Crippen LogP) is 4.83. The molecule has 2 nitrogen and oxygen atoms in total. The summed E-state index contributed by atoms with van der Waals surface area (Å²) in [5.74, 6) is 0.570. The molecule has 0 fully saturated rings. The topological polar surface area (TPSA) is 29.5 Å². The first-order valence-electron chi connectivity index (χ1n) is 6.57. The van der Waals surface area contributed by atoms with Gasteiger partial charge in [0.15, 0.2) is 0 Å². The van der Waals surface area contributed by atoms with Crippen LogP contribution in [0.4, 0.5) is 8.78 Å². The van der Waals surface area contributed by atoms with Crippen molar-refractivity contribution >= 4 is 11.6 Å². The Morgan fingerprint density at radius 3 is 2.52 bits per heavy atom. The molecule has 0 spiro atoms. The van der Waals surface area contributed by atoms with Crippen molar-refractivity contribution in [1.82, 2.24) is 0 Å². The average molecular weight is 311 g/mol. The molecule has 110 valence electrons. The second kappa shape index (κ2) is 5.62. The summed E-state index contributed by atoms with van der Waals surface area (Å²) >= 11 is 5.90. The van der Waals surface area contributed by atoms with Gasteiger partial charge in [0.2, 0.25) is 0 Å². The van der Waals surface area contributed by atoms with Gasteiger partial charge in [-0.15, -0.1) is 0 Å². The molecule has 2 aromatic carbocycles. The Labute approximate surface area is 125 Å². The average Bonchev–Trinajstić information content (AvgIpc) is 2.48. The number of hydrogen-bond donors (Lipinski definition) is 1. The summed E-state index contributed by atoms with van der Waals surface area (Å²) in [6.07, 6.45) is -3.17. The molecule has 0 saturated heterocycles. The molecule has 0 aromatic heterocycles. The van der Waals surface area contributed by atoms with Crippen LogP contribution in [0.3, 0.4) is 0 Å². The van der Waals surface area contributed by atoms with Crippen molar-refractivity contribution in [2.24, 2.45) is 0 Å². The maximum Gasteiger partial charge on any atom is 0.263 e. The van der Waals surface area contributed by atoms with Gasteiger partial charge in [0.25, 0.3) is 6.43 Å². The van der Waals surface area contributed by atoms with E-state index in [1.807, 2.05) is 0 Å². The van der Waals surface area contributed by atoms with E-state index in [1.165, 1.54) is 12.1 Å². The van der Waals surface area contributed by atoms with E-state index in [1.54, 1.807) is 30.3 Å². The molecular weight excluding hydrogens is 298 g/mol. The van der Waals surface area contributed by atoms with E-state index in [9.17, 15) is 13.9 Å². The van der Waals surface area contributed by atoms with Crippen molar-refractivity contribution in [2.75, 3.05) is 0 Å². The number of ether oxygens (including phenoxy) is 1. The molecule has 0 bridgehead atoms. The number of alkyl halides is 2. The summed E-state index contributed by atoms with van der Waals surface area (Å²) in [6, 6.07) is 11.1. The molecule has 2 aromatic rings. The Morgan fingerprint density at radius 1 is 1.14 bits per heavy atom. The predicted molar refractivity (Wildman–Crippen MR) is 75.8 cm³/mol. The zero-order chi connectivity index (χ0) is 15.0. The van der Waals surface area contributed by atoms with Crippen molar-refractivity contribution < 1.29 is 18.6 Å². The molecule has 0 amide bonds. The van der Waals surface area contributed by atoms with Crippen LogP contribution in [0.2, 0.25) is 5.02 Å². The molecule has 1 heterocycles. The molecule has 5 heteroatoms. The molecule has 0 aliphatic carbocycles. The Morgan fingerprint density at radius 2 is 1.86 bits per heavy atom. The summed E-state index contributed by atoms with van der Waals surface area (Å²) in [4.78, 5) is 0. The number of rotatable bonds is 2. The number of halogens is 3. The number of fused-ring (bicyclic) bond motifs is 1. The molecule has 1 unspecified atom stereocenters. The lowest BCUT2D eigenvalue weighted by Crippen LogP contribution is -2.19. The quantitative estimate of drug-likeness (QED) is 0.860. The zero-order valence-corrected chi connectivity index (χ0v) is 11.7. The smallest absolute Gasteiger partial charge is 0.263 e. The van der Waals surface area contributed by atoms with Crippen molar-refractivity contribution in [1.29, 1.82) is 0 Å². The van der Waals surface area contributed by atoms with E-state index in [2.05, 4.69) is 0 Å². The van der Waals surface area contributed by atoms with Crippen LogP contribution >= 0.6 is 11.6 Å². The van der Waals surface area contributed by atoms with E-state index in [4.69, 9.17) is 16.3 Å². The van der Waals surface area contributed by atoms with Crippen LogP contribution in [-0.2, 0) is 0 Å². The van der Waals surface area contributed by atoms with Crippen LogP contribution < -0.4 is 4.74 Å². The first kappa shape index (κ1) is 14.3. The van der Waals surface area contributed by atoms with E-state index >= 15 is 0 Å². The SMILES string of the molecule is O[C@H]1CC(c2ccc(C(F)F)cc2)Oc2ccc(Cl)cc21. The summed E-state index contributed by atoms with van der Waals surface area (Å²) in [7, 11) is 0. The third-order valence-electron chi connectivity index (χ3n) is 3.60. The number of aliphatic hydroxyl groups excluding tert-OH is 1. The van der Waals surface area contributed by atoms with Gasteiger partial charge in [-0.2, -0.15) is 0 Å². The molecule has 2 atom stereocenters. The van der Waals surface area contributed by atoms with Gasteiger partial charge in [-0.3, -0.25) is 0 Å². The van der Waals surface area contributed by atoms with E-state index in [0.29, 0.717) is 22.8 Å². The second-order valence-corrected chi connectivity index (χ2v) is 5.44. The standard InChI is InChI=1S/C16H13ClF2O2/c17-11-5-6-14-12(7-11)13(20)8-15(21-14)9-1-3-10(4-2-9)16(18)19/h1-7,13,15-16,20H,8H2/t13-,15?/m0/s1. The highest BCUT2D eigenvalue weighted by molar-refractivity contribution is 6.30. The number of aliphatic hydroxyl groups is 1. The van der Waals surface area contributed by atoms with Crippen LogP contribution in [0.25, 0.3) is 0 Å². The van der Waals surface area contributed by atoms with Crippen LogP contribution in [-0.4, -0.2) is 5.11 Å². The Kier molecular flexibility index (Phi) is 3.83. The van der Waals surface area contributed by atoms with Gasteiger partial charge in [0.1, 0.15) is 11.9 Å². The lowest BCUT2D eigenvalue weighted by molar-refractivity contribution is 0.0657. The minimum atomic E-state index is -2.49. The second-order valence-electron chi connectivity index (χ2n) is 5.01. The van der Waals surface area contributed by atoms with Crippen LogP contribution in [0.5, 0.6) is 5.75 Å². The molecule has 1 N–H and O–H groups in total. The first-order valence-corrected chi connectivity index (χ1v) is 6.94. The minimum absolute atomic E-state index is 0.0257. The highest BCUT2D eigenvalue weighted by atomic mass is 35.5. The fourth-order valence-electron chi connectivity index (χ4n) is 2.48. The highest BCUT2D eigenvalue weighted by Crippen LogP contribution is 2.41. The van der Waals surface area contributed by atoms with Crippen LogP contribution in [0.1, 0.15) is 41.7 Å². The maximum absolute atomic E-state index is 12.6.